The Labute approximate surface area is 146 Å². The molecule has 0 aliphatic carbocycles. The fourth-order valence-corrected chi connectivity index (χ4v) is 4.88. The topological polar surface area (TPSA) is 54.5 Å². The maximum atomic E-state index is 12.5. The van der Waals surface area contributed by atoms with Crippen molar-refractivity contribution in [1.29, 1.82) is 0 Å². The first-order valence-electron chi connectivity index (χ1n) is 7.84. The first-order valence-corrected chi connectivity index (χ1v) is 9.38. The van der Waals surface area contributed by atoms with Crippen LogP contribution in [0.5, 0.6) is 0 Å². The van der Waals surface area contributed by atoms with Gasteiger partial charge in [0.2, 0.25) is 0 Å². The Hall–Kier alpha value is -0.980. The van der Waals surface area contributed by atoms with Crippen LogP contribution in [0.3, 0.4) is 0 Å². The molecule has 1 N–H and O–H groups in total. The monoisotopic (exact) mass is 355 g/mol. The number of nitrogens with one attached hydrogen (secondary N) is 1. The number of carbonyl (C=O) groups is 1. The highest BCUT2D eigenvalue weighted by atomic mass is 35.5. The Kier molecular flexibility index (Phi) is 5.04. The second-order valence-corrected chi connectivity index (χ2v) is 7.93. The fraction of sp³-hybridized carbons (Fsp3) is 0.625. The van der Waals surface area contributed by atoms with E-state index in [0.29, 0.717) is 23.0 Å². The summed E-state index contributed by atoms with van der Waals surface area (Å²) in [6, 6.07) is 1.84. The molecule has 2 aliphatic heterocycles. The van der Waals surface area contributed by atoms with Gasteiger partial charge in [0.1, 0.15) is 5.82 Å². The molecule has 2 unspecified atom stereocenters. The molecule has 0 radical (unpaired) electrons. The number of pyridine rings is 1. The average molecular weight is 356 g/mol. The highest BCUT2D eigenvalue weighted by Crippen LogP contribution is 2.38. The van der Waals surface area contributed by atoms with Crippen LogP contribution in [0.2, 0.25) is 5.02 Å². The number of nitrogens with zero attached hydrogens (tertiary/aromatic N) is 2. The molecule has 0 aromatic carbocycles. The standard InChI is InChI=1S/C16H22ClN3O2S/c1-20(2)14-13(17)7-11(9-18-14)15(21)19-12-3-5-22-16(8-12)4-6-23-10-16/h7,9,12H,3-6,8,10H2,1-2H3,(H,19,21). The van der Waals surface area contributed by atoms with Crippen molar-refractivity contribution in [3.05, 3.63) is 22.8 Å². The van der Waals surface area contributed by atoms with Crippen molar-refractivity contribution >= 4 is 35.1 Å². The SMILES string of the molecule is CN(C)c1ncc(C(=O)NC2CCOC3(CCSC3)C2)cc1Cl. The molecule has 1 aromatic heterocycles. The first-order chi connectivity index (χ1) is 11.0. The number of aromatic nitrogens is 1. The summed E-state index contributed by atoms with van der Waals surface area (Å²) in [6.07, 6.45) is 4.41. The largest absolute Gasteiger partial charge is 0.374 e. The summed E-state index contributed by atoms with van der Waals surface area (Å²) in [5.41, 5.74) is 0.466. The van der Waals surface area contributed by atoms with E-state index in [2.05, 4.69) is 10.3 Å². The quantitative estimate of drug-likeness (QED) is 0.903. The van der Waals surface area contributed by atoms with E-state index in [1.807, 2.05) is 30.8 Å². The summed E-state index contributed by atoms with van der Waals surface area (Å²) >= 11 is 8.14. The second kappa shape index (κ2) is 6.87. The lowest BCUT2D eigenvalue weighted by molar-refractivity contribution is -0.0688. The van der Waals surface area contributed by atoms with E-state index in [-0.39, 0.29) is 17.6 Å². The molecule has 23 heavy (non-hydrogen) atoms. The number of ether oxygens (including phenoxy) is 1. The summed E-state index contributed by atoms with van der Waals surface area (Å²) in [6.45, 7) is 0.712. The number of halogens is 1. The number of anilines is 1. The Morgan fingerprint density at radius 2 is 2.39 bits per heavy atom. The maximum Gasteiger partial charge on any atom is 0.253 e. The van der Waals surface area contributed by atoms with E-state index in [4.69, 9.17) is 16.3 Å². The van der Waals surface area contributed by atoms with Gasteiger partial charge in [-0.3, -0.25) is 4.79 Å². The first kappa shape index (κ1) is 16.9. The fourth-order valence-electron chi connectivity index (χ4n) is 3.17. The smallest absolute Gasteiger partial charge is 0.253 e. The molecular weight excluding hydrogens is 334 g/mol. The number of rotatable bonds is 3. The van der Waals surface area contributed by atoms with Crippen molar-refractivity contribution in [3.63, 3.8) is 0 Å². The molecule has 3 heterocycles. The molecule has 2 atom stereocenters. The molecule has 1 amide bonds. The van der Waals surface area contributed by atoms with Crippen molar-refractivity contribution in [2.45, 2.75) is 30.9 Å². The van der Waals surface area contributed by atoms with Crippen LogP contribution in [0.1, 0.15) is 29.6 Å². The predicted octanol–water partition coefficient (Wildman–Crippen LogP) is 2.59. The summed E-state index contributed by atoms with van der Waals surface area (Å²) in [4.78, 5) is 18.6. The predicted molar refractivity (Wildman–Crippen MR) is 94.7 cm³/mol. The molecule has 2 aliphatic rings. The zero-order valence-corrected chi connectivity index (χ0v) is 15.0. The maximum absolute atomic E-state index is 12.5. The number of carbonyl (C=O) groups excluding carboxylic acids is 1. The van der Waals surface area contributed by atoms with E-state index in [9.17, 15) is 4.79 Å². The minimum atomic E-state index is -0.114. The van der Waals surface area contributed by atoms with Gasteiger partial charge < -0.3 is 15.0 Å². The molecule has 0 bridgehead atoms. The van der Waals surface area contributed by atoms with E-state index < -0.39 is 0 Å². The van der Waals surface area contributed by atoms with Crippen LogP contribution in [0.25, 0.3) is 0 Å². The van der Waals surface area contributed by atoms with Crippen molar-refractivity contribution in [2.24, 2.45) is 0 Å². The number of hydrogen-bond acceptors (Lipinski definition) is 5. The molecule has 0 saturated carbocycles. The molecule has 7 heteroatoms. The third-order valence-corrected chi connectivity index (χ3v) is 5.90. The third kappa shape index (κ3) is 3.75. The van der Waals surface area contributed by atoms with Gasteiger partial charge >= 0.3 is 0 Å². The number of hydrogen-bond donors (Lipinski definition) is 1. The van der Waals surface area contributed by atoms with Crippen molar-refractivity contribution in [3.8, 4) is 0 Å². The zero-order valence-electron chi connectivity index (χ0n) is 13.5. The second-order valence-electron chi connectivity index (χ2n) is 6.42. The van der Waals surface area contributed by atoms with Crippen LogP contribution in [0, 0.1) is 0 Å². The van der Waals surface area contributed by atoms with Crippen molar-refractivity contribution in [2.75, 3.05) is 37.1 Å². The Bertz CT molecular complexity index is 591. The normalized spacial score (nSPS) is 27.2. The van der Waals surface area contributed by atoms with Crippen LogP contribution < -0.4 is 10.2 Å². The van der Waals surface area contributed by atoms with Gasteiger partial charge in [-0.2, -0.15) is 11.8 Å². The van der Waals surface area contributed by atoms with Gasteiger partial charge in [0.05, 0.1) is 16.2 Å². The molecule has 2 fully saturated rings. The van der Waals surface area contributed by atoms with Gasteiger partial charge in [0, 0.05) is 38.7 Å². The molecule has 1 aromatic rings. The minimum Gasteiger partial charge on any atom is -0.374 e. The van der Waals surface area contributed by atoms with Gasteiger partial charge in [0.15, 0.2) is 0 Å². The van der Waals surface area contributed by atoms with Gasteiger partial charge in [0.25, 0.3) is 5.91 Å². The highest BCUT2D eigenvalue weighted by Gasteiger charge is 2.40. The molecule has 1 spiro atoms. The molecule has 5 nitrogen and oxygen atoms in total. The van der Waals surface area contributed by atoms with E-state index in [0.717, 1.165) is 30.8 Å². The summed E-state index contributed by atoms with van der Waals surface area (Å²) in [5, 5.41) is 3.61. The molecule has 2 saturated heterocycles. The third-order valence-electron chi connectivity index (χ3n) is 4.40. The molecule has 126 valence electrons. The van der Waals surface area contributed by atoms with Gasteiger partial charge in [-0.05, 0) is 31.1 Å². The van der Waals surface area contributed by atoms with E-state index in [1.165, 1.54) is 0 Å². The van der Waals surface area contributed by atoms with Gasteiger partial charge in [-0.1, -0.05) is 11.6 Å². The van der Waals surface area contributed by atoms with Crippen LogP contribution in [-0.4, -0.2) is 54.7 Å². The number of amides is 1. The molecular formula is C16H22ClN3O2S. The summed E-state index contributed by atoms with van der Waals surface area (Å²) in [5.74, 6) is 2.73. The lowest BCUT2D eigenvalue weighted by Crippen LogP contribution is -2.48. The minimum absolute atomic E-state index is 0.0362. The van der Waals surface area contributed by atoms with Crippen LogP contribution in [-0.2, 0) is 4.74 Å². The summed E-state index contributed by atoms with van der Waals surface area (Å²) < 4.78 is 5.99. The van der Waals surface area contributed by atoms with Crippen LogP contribution >= 0.6 is 23.4 Å². The molecule has 3 rings (SSSR count). The number of thioether (sulfide) groups is 1. The highest BCUT2D eigenvalue weighted by molar-refractivity contribution is 7.99. The van der Waals surface area contributed by atoms with Crippen LogP contribution in [0.15, 0.2) is 12.3 Å². The van der Waals surface area contributed by atoms with Crippen LogP contribution in [0.4, 0.5) is 5.82 Å². The summed E-state index contributed by atoms with van der Waals surface area (Å²) in [7, 11) is 3.74. The average Bonchev–Trinajstić information content (AvgIpc) is 2.94. The zero-order chi connectivity index (χ0) is 16.4. The Balaban J connectivity index is 1.66. The van der Waals surface area contributed by atoms with Crippen molar-refractivity contribution < 1.29 is 9.53 Å². The lowest BCUT2D eigenvalue weighted by Gasteiger charge is -2.38. The van der Waals surface area contributed by atoms with E-state index in [1.54, 1.807) is 12.3 Å². The Morgan fingerprint density at radius 1 is 1.57 bits per heavy atom. The lowest BCUT2D eigenvalue weighted by atomic mass is 9.90. The van der Waals surface area contributed by atoms with Gasteiger partial charge in [-0.15, -0.1) is 0 Å². The Morgan fingerprint density at radius 3 is 3.04 bits per heavy atom. The van der Waals surface area contributed by atoms with Gasteiger partial charge in [-0.25, -0.2) is 4.98 Å². The van der Waals surface area contributed by atoms with Crippen molar-refractivity contribution in [1.82, 2.24) is 10.3 Å². The van der Waals surface area contributed by atoms with E-state index >= 15 is 0 Å².